The number of nitrogens with zero attached hydrogens (tertiary/aromatic N) is 2. The second kappa shape index (κ2) is 6.78. The van der Waals surface area contributed by atoms with Crippen LogP contribution in [0.1, 0.15) is 12.5 Å². The molecule has 2 heterocycles. The molecule has 1 unspecified atom stereocenters. The number of thioether (sulfide) groups is 1. The number of hydrogen-bond acceptors (Lipinski definition) is 6. The number of aromatic nitrogens is 1. The fourth-order valence-corrected chi connectivity index (χ4v) is 5.41. The molecule has 1 N–H and O–H groups in total. The molecule has 1 atom stereocenters. The van der Waals surface area contributed by atoms with Crippen molar-refractivity contribution in [2.45, 2.75) is 18.8 Å². The molecule has 1 aromatic heterocycles. The van der Waals surface area contributed by atoms with Crippen LogP contribution in [0.2, 0.25) is 0 Å². The van der Waals surface area contributed by atoms with Crippen molar-refractivity contribution in [2.24, 2.45) is 0 Å². The van der Waals surface area contributed by atoms with Gasteiger partial charge >= 0.3 is 0 Å². The Labute approximate surface area is 125 Å². The highest BCUT2D eigenvalue weighted by Crippen LogP contribution is 2.24. The highest BCUT2D eigenvalue weighted by molar-refractivity contribution is 8.01. The number of anilines is 1. The molecule has 0 aliphatic carbocycles. The fourth-order valence-electron chi connectivity index (χ4n) is 2.33. The molecule has 1 fully saturated rings. The molecule has 0 radical (unpaired) electrons. The molecule has 1 aromatic rings. The Morgan fingerprint density at radius 1 is 1.55 bits per heavy atom. The van der Waals surface area contributed by atoms with Gasteiger partial charge in [0.1, 0.15) is 11.2 Å². The molecule has 1 aliphatic heterocycles. The van der Waals surface area contributed by atoms with Gasteiger partial charge in [0.05, 0.1) is 0 Å². The summed E-state index contributed by atoms with van der Waals surface area (Å²) < 4.78 is 24.4. The van der Waals surface area contributed by atoms with E-state index in [9.17, 15) is 8.42 Å². The van der Waals surface area contributed by atoms with E-state index in [-0.39, 0.29) is 11.1 Å². The predicted octanol–water partition coefficient (Wildman–Crippen LogP) is 1.43. The normalized spacial score (nSPS) is 20.8. The van der Waals surface area contributed by atoms with Gasteiger partial charge in [0.15, 0.2) is 9.84 Å². The van der Waals surface area contributed by atoms with E-state index in [1.54, 1.807) is 24.9 Å². The van der Waals surface area contributed by atoms with E-state index < -0.39 is 9.84 Å². The summed E-state index contributed by atoms with van der Waals surface area (Å²) in [4.78, 5) is 6.34. The molecule has 0 amide bonds. The third-order valence-corrected chi connectivity index (χ3v) is 6.84. The Kier molecular flexibility index (Phi) is 5.29. The van der Waals surface area contributed by atoms with Gasteiger partial charge in [0.2, 0.25) is 0 Å². The van der Waals surface area contributed by atoms with Gasteiger partial charge in [-0.2, -0.15) is 11.8 Å². The SMILES string of the molecule is CCS(=O)(=O)C1CSCCN1Cc1cccnc1NC. The van der Waals surface area contributed by atoms with Gasteiger partial charge < -0.3 is 5.32 Å². The molecular weight excluding hydrogens is 294 g/mol. The second-order valence-corrected chi connectivity index (χ2v) is 8.31. The van der Waals surface area contributed by atoms with Crippen LogP contribution in [0.5, 0.6) is 0 Å². The van der Waals surface area contributed by atoms with Crippen molar-refractivity contribution in [3.05, 3.63) is 23.9 Å². The van der Waals surface area contributed by atoms with Crippen molar-refractivity contribution in [3.63, 3.8) is 0 Å². The number of rotatable bonds is 5. The fraction of sp³-hybridized carbons (Fsp3) is 0.615. The first-order chi connectivity index (χ1) is 9.58. The van der Waals surface area contributed by atoms with E-state index in [0.29, 0.717) is 12.3 Å². The highest BCUT2D eigenvalue weighted by Gasteiger charge is 2.32. The highest BCUT2D eigenvalue weighted by atomic mass is 32.2. The van der Waals surface area contributed by atoms with Gasteiger partial charge in [-0.25, -0.2) is 13.4 Å². The van der Waals surface area contributed by atoms with Gasteiger partial charge in [-0.05, 0) is 6.07 Å². The van der Waals surface area contributed by atoms with E-state index in [1.165, 1.54) is 0 Å². The molecule has 7 heteroatoms. The van der Waals surface area contributed by atoms with E-state index >= 15 is 0 Å². The van der Waals surface area contributed by atoms with Crippen LogP contribution >= 0.6 is 11.8 Å². The second-order valence-electron chi connectivity index (χ2n) is 4.71. The Morgan fingerprint density at radius 2 is 2.35 bits per heavy atom. The lowest BCUT2D eigenvalue weighted by molar-refractivity contribution is 0.262. The minimum absolute atomic E-state index is 0.195. The molecule has 5 nitrogen and oxygen atoms in total. The lowest BCUT2D eigenvalue weighted by atomic mass is 10.2. The van der Waals surface area contributed by atoms with Crippen LogP contribution in [-0.2, 0) is 16.4 Å². The van der Waals surface area contributed by atoms with Crippen molar-refractivity contribution < 1.29 is 8.42 Å². The smallest absolute Gasteiger partial charge is 0.166 e. The monoisotopic (exact) mass is 315 g/mol. The predicted molar refractivity (Wildman–Crippen MR) is 84.8 cm³/mol. The van der Waals surface area contributed by atoms with E-state index in [0.717, 1.165) is 23.7 Å². The molecule has 0 aromatic carbocycles. The topological polar surface area (TPSA) is 62.3 Å². The zero-order valence-electron chi connectivity index (χ0n) is 11.9. The van der Waals surface area contributed by atoms with Crippen LogP contribution in [0, 0.1) is 0 Å². The summed E-state index contributed by atoms with van der Waals surface area (Å²) in [6, 6.07) is 3.88. The summed E-state index contributed by atoms with van der Waals surface area (Å²) in [7, 11) is -1.21. The standard InChI is InChI=1S/C13H21N3O2S2/c1-3-20(17,18)12-10-19-8-7-16(12)9-11-5-4-6-15-13(11)14-2/h4-6,12H,3,7-10H2,1-2H3,(H,14,15). The first-order valence-electron chi connectivity index (χ1n) is 6.73. The minimum Gasteiger partial charge on any atom is -0.373 e. The lowest BCUT2D eigenvalue weighted by Crippen LogP contribution is -2.47. The van der Waals surface area contributed by atoms with Crippen LogP contribution < -0.4 is 5.32 Å². The maximum atomic E-state index is 12.2. The quantitative estimate of drug-likeness (QED) is 0.887. The van der Waals surface area contributed by atoms with E-state index in [4.69, 9.17) is 0 Å². The number of hydrogen-bond donors (Lipinski definition) is 1. The van der Waals surface area contributed by atoms with Crippen molar-refractivity contribution in [1.29, 1.82) is 0 Å². The number of sulfone groups is 1. The average molecular weight is 315 g/mol. The zero-order valence-corrected chi connectivity index (χ0v) is 13.5. The van der Waals surface area contributed by atoms with Crippen molar-refractivity contribution in [1.82, 2.24) is 9.88 Å². The molecule has 0 bridgehead atoms. The van der Waals surface area contributed by atoms with Crippen molar-refractivity contribution in [2.75, 3.05) is 36.2 Å². The third-order valence-electron chi connectivity index (χ3n) is 3.51. The number of pyridine rings is 1. The summed E-state index contributed by atoms with van der Waals surface area (Å²) in [5.74, 6) is 2.65. The minimum atomic E-state index is -3.05. The maximum Gasteiger partial charge on any atom is 0.166 e. The summed E-state index contributed by atoms with van der Waals surface area (Å²) in [6.45, 7) is 3.14. The lowest BCUT2D eigenvalue weighted by Gasteiger charge is -2.34. The van der Waals surface area contributed by atoms with E-state index in [1.807, 2.05) is 19.2 Å². The third kappa shape index (κ3) is 3.45. The Hall–Kier alpha value is -0.790. The molecule has 1 saturated heterocycles. The molecule has 20 heavy (non-hydrogen) atoms. The molecule has 2 rings (SSSR count). The van der Waals surface area contributed by atoms with Gasteiger partial charge in [0.25, 0.3) is 0 Å². The van der Waals surface area contributed by atoms with Crippen molar-refractivity contribution >= 4 is 27.4 Å². The summed E-state index contributed by atoms with van der Waals surface area (Å²) in [5.41, 5.74) is 1.04. The Bertz CT molecular complexity index is 548. The molecule has 1 aliphatic rings. The first kappa shape index (κ1) is 15.6. The van der Waals surface area contributed by atoms with Crippen LogP contribution in [-0.4, -0.2) is 54.5 Å². The van der Waals surface area contributed by atoms with Crippen molar-refractivity contribution in [3.8, 4) is 0 Å². The average Bonchev–Trinajstić information content (AvgIpc) is 2.48. The zero-order chi connectivity index (χ0) is 14.6. The van der Waals surface area contributed by atoms with Crippen LogP contribution in [0.15, 0.2) is 18.3 Å². The van der Waals surface area contributed by atoms with E-state index in [2.05, 4.69) is 15.2 Å². The Morgan fingerprint density at radius 3 is 3.05 bits per heavy atom. The van der Waals surface area contributed by atoms with Crippen LogP contribution in [0.3, 0.4) is 0 Å². The first-order valence-corrected chi connectivity index (χ1v) is 9.60. The van der Waals surface area contributed by atoms with Gasteiger partial charge in [-0.1, -0.05) is 13.0 Å². The van der Waals surface area contributed by atoms with Gasteiger partial charge in [-0.15, -0.1) is 0 Å². The summed E-state index contributed by atoms with van der Waals surface area (Å²) >= 11 is 1.72. The van der Waals surface area contributed by atoms with Gasteiger partial charge in [0, 0.05) is 49.2 Å². The molecule has 0 spiro atoms. The maximum absolute atomic E-state index is 12.2. The molecule has 112 valence electrons. The van der Waals surface area contributed by atoms with Crippen LogP contribution in [0.25, 0.3) is 0 Å². The van der Waals surface area contributed by atoms with Gasteiger partial charge in [-0.3, -0.25) is 4.90 Å². The molecular formula is C13H21N3O2S2. The van der Waals surface area contributed by atoms with Crippen LogP contribution in [0.4, 0.5) is 5.82 Å². The molecule has 0 saturated carbocycles. The number of nitrogens with one attached hydrogen (secondary N) is 1. The summed E-state index contributed by atoms with van der Waals surface area (Å²) in [6.07, 6.45) is 1.74. The largest absolute Gasteiger partial charge is 0.373 e. The Balaban J connectivity index is 2.21. The summed E-state index contributed by atoms with van der Waals surface area (Å²) in [5, 5.41) is 2.68.